The van der Waals surface area contributed by atoms with E-state index in [1.54, 1.807) is 24.3 Å². The number of aliphatic hydroxyl groups is 1. The summed E-state index contributed by atoms with van der Waals surface area (Å²) in [6, 6.07) is 11.0. The minimum Gasteiger partial charge on any atom is -0.394 e. The summed E-state index contributed by atoms with van der Waals surface area (Å²) >= 11 is 5.83. The number of aliphatic hydroxyl groups excluding tert-OH is 1. The minimum atomic E-state index is -3.97. The van der Waals surface area contributed by atoms with Crippen molar-refractivity contribution < 1.29 is 27.4 Å². The second-order valence-corrected chi connectivity index (χ2v) is 9.56. The molecule has 1 aliphatic rings. The van der Waals surface area contributed by atoms with Crippen LogP contribution in [0.1, 0.15) is 19.3 Å². The van der Waals surface area contributed by atoms with Crippen LogP contribution >= 0.6 is 11.6 Å². The highest BCUT2D eigenvalue weighted by atomic mass is 35.5. The van der Waals surface area contributed by atoms with Crippen LogP contribution in [0, 0.1) is 5.82 Å². The number of ether oxygens (including phenoxy) is 1. The highest BCUT2D eigenvalue weighted by Gasteiger charge is 2.32. The van der Waals surface area contributed by atoms with Gasteiger partial charge in [-0.25, -0.2) is 22.3 Å². The number of rotatable bonds is 8. The first-order chi connectivity index (χ1) is 15.3. The second kappa shape index (κ2) is 11.1. The minimum absolute atomic E-state index is 0.0502. The summed E-state index contributed by atoms with van der Waals surface area (Å²) in [6.45, 7) is -0.252. The zero-order valence-corrected chi connectivity index (χ0v) is 18.7. The molecule has 3 rings (SSSR count). The molecule has 0 unspecified atom stereocenters. The topological polar surface area (TPSA) is 117 Å². The Balaban J connectivity index is 1.47. The zero-order valence-electron chi connectivity index (χ0n) is 17.1. The molecular weight excluding hydrogens is 461 g/mol. The van der Waals surface area contributed by atoms with Gasteiger partial charge in [0.2, 0.25) is 10.0 Å². The number of urea groups is 1. The zero-order chi connectivity index (χ0) is 23.1. The second-order valence-electron chi connectivity index (χ2n) is 7.39. The number of halogens is 2. The number of sulfonamides is 1. The van der Waals surface area contributed by atoms with Crippen LogP contribution in [0.3, 0.4) is 0 Å². The maximum absolute atomic E-state index is 13.7. The van der Waals surface area contributed by atoms with Crippen molar-refractivity contribution in [1.29, 1.82) is 0 Å². The first-order valence-electron chi connectivity index (χ1n) is 10.1. The van der Waals surface area contributed by atoms with Gasteiger partial charge in [0.15, 0.2) is 0 Å². The summed E-state index contributed by atoms with van der Waals surface area (Å²) in [6.07, 6.45) is 0.502. The molecule has 0 bridgehead atoms. The Morgan fingerprint density at radius 2 is 1.88 bits per heavy atom. The van der Waals surface area contributed by atoms with Gasteiger partial charge in [-0.15, -0.1) is 0 Å². The molecule has 1 heterocycles. The highest BCUT2D eigenvalue weighted by Crippen LogP contribution is 2.22. The van der Waals surface area contributed by atoms with Crippen molar-refractivity contribution in [3.05, 3.63) is 59.4 Å². The molecular formula is C21H25ClFN3O5S. The van der Waals surface area contributed by atoms with Crippen LogP contribution in [0.15, 0.2) is 53.4 Å². The summed E-state index contributed by atoms with van der Waals surface area (Å²) in [5.41, 5.74) is 0.573. The van der Waals surface area contributed by atoms with Crippen LogP contribution in [0.4, 0.5) is 14.9 Å². The number of benzene rings is 2. The van der Waals surface area contributed by atoms with Crippen LogP contribution in [0.5, 0.6) is 0 Å². The van der Waals surface area contributed by atoms with E-state index in [0.717, 1.165) is 6.07 Å². The lowest BCUT2D eigenvalue weighted by molar-refractivity contribution is -0.0884. The smallest absolute Gasteiger partial charge is 0.319 e. The molecule has 0 spiro atoms. The van der Waals surface area contributed by atoms with E-state index in [1.165, 1.54) is 18.2 Å². The molecule has 8 nitrogen and oxygen atoms in total. The van der Waals surface area contributed by atoms with Crippen molar-refractivity contribution in [3.63, 3.8) is 0 Å². The molecule has 2 amide bonds. The Bertz CT molecular complexity index is 1020. The summed E-state index contributed by atoms with van der Waals surface area (Å²) in [7, 11) is -3.97. The van der Waals surface area contributed by atoms with Gasteiger partial charge in [-0.1, -0.05) is 23.7 Å². The number of anilines is 1. The molecule has 3 atom stereocenters. The third-order valence-electron chi connectivity index (χ3n) is 5.10. The van der Waals surface area contributed by atoms with E-state index in [4.69, 9.17) is 16.3 Å². The van der Waals surface area contributed by atoms with Gasteiger partial charge in [0, 0.05) is 17.3 Å². The summed E-state index contributed by atoms with van der Waals surface area (Å²) in [5.74, 6) is -0.819. The lowest BCUT2D eigenvalue weighted by atomic mass is 9.97. The van der Waals surface area contributed by atoms with Crippen molar-refractivity contribution in [1.82, 2.24) is 10.0 Å². The summed E-state index contributed by atoms with van der Waals surface area (Å²) in [5, 5.41) is 15.7. The number of carbonyl (C=O) groups is 1. The largest absolute Gasteiger partial charge is 0.394 e. The van der Waals surface area contributed by atoms with Crippen molar-refractivity contribution in [2.75, 3.05) is 18.5 Å². The number of amides is 2. The Kier molecular flexibility index (Phi) is 8.44. The first kappa shape index (κ1) is 24.4. The van der Waals surface area contributed by atoms with Crippen LogP contribution < -0.4 is 15.4 Å². The van der Waals surface area contributed by atoms with Gasteiger partial charge in [-0.3, -0.25) is 0 Å². The Morgan fingerprint density at radius 1 is 1.16 bits per heavy atom. The third-order valence-corrected chi connectivity index (χ3v) is 6.85. The molecule has 0 aromatic heterocycles. The summed E-state index contributed by atoms with van der Waals surface area (Å²) < 4.78 is 46.5. The molecule has 0 saturated carbocycles. The fourth-order valence-electron chi connectivity index (χ4n) is 3.47. The van der Waals surface area contributed by atoms with Gasteiger partial charge in [0.05, 0.1) is 18.8 Å². The molecule has 32 heavy (non-hydrogen) atoms. The monoisotopic (exact) mass is 485 g/mol. The fraction of sp³-hybridized carbons (Fsp3) is 0.381. The van der Waals surface area contributed by atoms with Gasteiger partial charge in [0.25, 0.3) is 0 Å². The number of nitrogens with one attached hydrogen (secondary N) is 3. The van der Waals surface area contributed by atoms with Crippen LogP contribution in [0.25, 0.3) is 0 Å². The van der Waals surface area contributed by atoms with Crippen molar-refractivity contribution in [2.24, 2.45) is 0 Å². The molecule has 0 aliphatic carbocycles. The maximum Gasteiger partial charge on any atom is 0.319 e. The lowest BCUT2D eigenvalue weighted by Crippen LogP contribution is -2.52. The van der Waals surface area contributed by atoms with Crippen molar-refractivity contribution in [2.45, 2.75) is 42.4 Å². The van der Waals surface area contributed by atoms with Gasteiger partial charge in [-0.2, -0.15) is 0 Å². The van der Waals surface area contributed by atoms with E-state index >= 15 is 0 Å². The van der Waals surface area contributed by atoms with E-state index < -0.39 is 38.9 Å². The summed E-state index contributed by atoms with van der Waals surface area (Å²) in [4.78, 5) is 11.8. The Labute approximate surface area is 191 Å². The predicted molar refractivity (Wildman–Crippen MR) is 119 cm³/mol. The fourth-order valence-corrected chi connectivity index (χ4v) is 4.72. The van der Waals surface area contributed by atoms with E-state index in [1.807, 2.05) is 0 Å². The van der Waals surface area contributed by atoms with Crippen LogP contribution in [-0.4, -0.2) is 51.0 Å². The number of hydrogen-bond acceptors (Lipinski definition) is 5. The highest BCUT2D eigenvalue weighted by molar-refractivity contribution is 7.89. The van der Waals surface area contributed by atoms with Crippen molar-refractivity contribution in [3.8, 4) is 0 Å². The average Bonchev–Trinajstić information content (AvgIpc) is 2.76. The molecule has 2 aromatic carbocycles. The molecule has 174 valence electrons. The number of hydrogen-bond donors (Lipinski definition) is 4. The van der Waals surface area contributed by atoms with E-state index in [-0.39, 0.29) is 19.3 Å². The molecule has 11 heteroatoms. The molecule has 2 aromatic rings. The molecule has 1 fully saturated rings. The average molecular weight is 486 g/mol. The normalized spacial score (nSPS) is 21.2. The van der Waals surface area contributed by atoms with E-state index in [2.05, 4.69) is 15.4 Å². The standard InChI is InChI=1S/C21H25ClFN3O5S/c22-14-5-7-15(8-6-14)25-21(28)26-18-10-9-16(31-19(18)13-27)11-12-24-32(29,30)20-4-2-1-3-17(20)23/h1-8,16,18-19,24,27H,9-13H2,(H2,25,26,28)/t16-,18+,19-/m1/s1. The Hall–Kier alpha value is -2.24. The lowest BCUT2D eigenvalue weighted by Gasteiger charge is -2.36. The predicted octanol–water partition coefficient (Wildman–Crippen LogP) is 2.88. The quantitative estimate of drug-likeness (QED) is 0.458. The van der Waals surface area contributed by atoms with E-state index in [9.17, 15) is 22.7 Å². The maximum atomic E-state index is 13.7. The van der Waals surface area contributed by atoms with Gasteiger partial charge < -0.3 is 20.5 Å². The Morgan fingerprint density at radius 3 is 2.56 bits per heavy atom. The number of carbonyl (C=O) groups excluding carboxylic acids is 1. The molecule has 4 N–H and O–H groups in total. The van der Waals surface area contributed by atoms with Gasteiger partial charge >= 0.3 is 6.03 Å². The van der Waals surface area contributed by atoms with Crippen molar-refractivity contribution >= 4 is 33.3 Å². The SMILES string of the molecule is O=C(Nc1ccc(Cl)cc1)N[C@H]1CC[C@H](CCNS(=O)(=O)c2ccccc2F)O[C@@H]1CO. The molecule has 1 aliphatic heterocycles. The van der Waals surface area contributed by atoms with Crippen LogP contribution in [-0.2, 0) is 14.8 Å². The third kappa shape index (κ3) is 6.63. The first-order valence-corrected chi connectivity index (χ1v) is 12.0. The molecule has 0 radical (unpaired) electrons. The van der Waals surface area contributed by atoms with Crippen LogP contribution in [0.2, 0.25) is 5.02 Å². The van der Waals surface area contributed by atoms with E-state index in [0.29, 0.717) is 30.0 Å². The van der Waals surface area contributed by atoms with Gasteiger partial charge in [-0.05, 0) is 55.7 Å². The molecule has 1 saturated heterocycles. The van der Waals surface area contributed by atoms with Gasteiger partial charge in [0.1, 0.15) is 16.8 Å².